The lowest BCUT2D eigenvalue weighted by atomic mass is 9.99. The van der Waals surface area contributed by atoms with Gasteiger partial charge in [0.25, 0.3) is 0 Å². The molecule has 108 valence electrons. The predicted molar refractivity (Wildman–Crippen MR) is 83.3 cm³/mol. The van der Waals surface area contributed by atoms with Gasteiger partial charge >= 0.3 is 0 Å². The Morgan fingerprint density at radius 3 is 2.76 bits per heavy atom. The van der Waals surface area contributed by atoms with Gasteiger partial charge in [-0.05, 0) is 55.4 Å². The summed E-state index contributed by atoms with van der Waals surface area (Å²) < 4.78 is 19.1. The Kier molecular flexibility index (Phi) is 3.70. The van der Waals surface area contributed by atoms with Gasteiger partial charge in [0.15, 0.2) is 0 Å². The summed E-state index contributed by atoms with van der Waals surface area (Å²) in [5.74, 6) is 0.471. The van der Waals surface area contributed by atoms with E-state index in [-0.39, 0.29) is 11.9 Å². The largest absolute Gasteiger partial charge is 0.459 e. The van der Waals surface area contributed by atoms with Crippen molar-refractivity contribution in [1.82, 2.24) is 5.32 Å². The van der Waals surface area contributed by atoms with Crippen molar-refractivity contribution >= 4 is 22.6 Å². The average Bonchev–Trinajstić information content (AvgIpc) is 2.87. The predicted octanol–water partition coefficient (Wildman–Crippen LogP) is 4.84. The molecule has 0 saturated heterocycles. The first-order valence-electron chi connectivity index (χ1n) is 6.71. The average molecular weight is 304 g/mol. The molecule has 0 saturated carbocycles. The van der Waals surface area contributed by atoms with Gasteiger partial charge in [-0.3, -0.25) is 0 Å². The van der Waals surface area contributed by atoms with Gasteiger partial charge in [0.05, 0.1) is 6.04 Å². The Bertz CT molecular complexity index is 797. The standard InChI is InChI=1S/C17H15ClFNO/c1-10-13(4-3-5-14(10)18)17(20-2)16-9-11-8-12(19)6-7-15(11)21-16/h3-9,17,20H,1-2H3. The van der Waals surface area contributed by atoms with E-state index in [0.717, 1.165) is 27.3 Å². The highest BCUT2D eigenvalue weighted by Gasteiger charge is 2.19. The van der Waals surface area contributed by atoms with Crippen molar-refractivity contribution in [2.45, 2.75) is 13.0 Å². The van der Waals surface area contributed by atoms with E-state index < -0.39 is 0 Å². The molecule has 21 heavy (non-hydrogen) atoms. The minimum atomic E-state index is -0.269. The molecule has 3 aromatic rings. The molecule has 1 unspecified atom stereocenters. The molecular weight excluding hydrogens is 289 g/mol. The molecule has 0 fully saturated rings. The zero-order valence-electron chi connectivity index (χ0n) is 11.8. The molecule has 1 aromatic heterocycles. The van der Waals surface area contributed by atoms with Gasteiger partial charge in [0.2, 0.25) is 0 Å². The Morgan fingerprint density at radius 1 is 1.19 bits per heavy atom. The van der Waals surface area contributed by atoms with Crippen LogP contribution >= 0.6 is 11.6 Å². The maximum absolute atomic E-state index is 13.3. The molecule has 0 radical (unpaired) electrons. The summed E-state index contributed by atoms with van der Waals surface area (Å²) in [6.07, 6.45) is 0. The molecule has 1 atom stereocenters. The maximum Gasteiger partial charge on any atom is 0.134 e. The molecule has 0 bridgehead atoms. The summed E-state index contributed by atoms with van der Waals surface area (Å²) in [5.41, 5.74) is 2.72. The first-order valence-corrected chi connectivity index (χ1v) is 7.09. The minimum Gasteiger partial charge on any atom is -0.459 e. The van der Waals surface area contributed by atoms with Gasteiger partial charge in [0, 0.05) is 10.4 Å². The summed E-state index contributed by atoms with van der Waals surface area (Å²) in [7, 11) is 1.86. The molecule has 0 aliphatic rings. The second-order valence-electron chi connectivity index (χ2n) is 5.01. The highest BCUT2D eigenvalue weighted by molar-refractivity contribution is 6.31. The first-order chi connectivity index (χ1) is 10.1. The number of benzene rings is 2. The molecule has 0 aliphatic heterocycles. The van der Waals surface area contributed by atoms with Crippen LogP contribution in [0.4, 0.5) is 4.39 Å². The maximum atomic E-state index is 13.3. The zero-order chi connectivity index (χ0) is 15.0. The van der Waals surface area contributed by atoms with Crippen molar-refractivity contribution < 1.29 is 8.81 Å². The van der Waals surface area contributed by atoms with Crippen molar-refractivity contribution in [3.63, 3.8) is 0 Å². The van der Waals surface area contributed by atoms with E-state index in [1.54, 1.807) is 6.07 Å². The fourth-order valence-corrected chi connectivity index (χ4v) is 2.75. The number of furan rings is 1. The molecule has 1 heterocycles. The Hall–Kier alpha value is -1.84. The van der Waals surface area contributed by atoms with Crippen LogP contribution in [0.25, 0.3) is 11.0 Å². The Labute approximate surface area is 127 Å². The summed E-state index contributed by atoms with van der Waals surface area (Å²) in [6.45, 7) is 1.98. The van der Waals surface area contributed by atoms with Crippen molar-refractivity contribution in [3.05, 3.63) is 70.2 Å². The number of hydrogen-bond acceptors (Lipinski definition) is 2. The van der Waals surface area contributed by atoms with E-state index >= 15 is 0 Å². The van der Waals surface area contributed by atoms with E-state index in [0.29, 0.717) is 5.58 Å². The number of fused-ring (bicyclic) bond motifs is 1. The quantitative estimate of drug-likeness (QED) is 0.749. The van der Waals surface area contributed by atoms with Crippen LogP contribution in [0.3, 0.4) is 0 Å². The van der Waals surface area contributed by atoms with E-state index in [2.05, 4.69) is 5.32 Å². The van der Waals surface area contributed by atoms with Crippen molar-refractivity contribution in [3.8, 4) is 0 Å². The molecule has 1 N–H and O–H groups in total. The Balaban J connectivity index is 2.11. The van der Waals surface area contributed by atoms with Crippen LogP contribution < -0.4 is 5.32 Å². The zero-order valence-corrected chi connectivity index (χ0v) is 12.5. The van der Waals surface area contributed by atoms with Crippen LogP contribution in [0.5, 0.6) is 0 Å². The van der Waals surface area contributed by atoms with Crippen molar-refractivity contribution in [2.75, 3.05) is 7.05 Å². The molecule has 4 heteroatoms. The SMILES string of the molecule is CNC(c1cc2cc(F)ccc2o1)c1cccc(Cl)c1C. The topological polar surface area (TPSA) is 25.2 Å². The van der Waals surface area contributed by atoms with E-state index in [1.165, 1.54) is 12.1 Å². The third-order valence-corrected chi connectivity index (χ3v) is 4.10. The third-order valence-electron chi connectivity index (χ3n) is 3.69. The lowest BCUT2D eigenvalue weighted by Crippen LogP contribution is -2.18. The summed E-state index contributed by atoms with van der Waals surface area (Å²) >= 11 is 6.19. The van der Waals surface area contributed by atoms with Crippen molar-refractivity contribution in [1.29, 1.82) is 0 Å². The van der Waals surface area contributed by atoms with Crippen LogP contribution in [0.1, 0.15) is 22.9 Å². The van der Waals surface area contributed by atoms with Gasteiger partial charge in [-0.1, -0.05) is 23.7 Å². The lowest BCUT2D eigenvalue weighted by molar-refractivity contribution is 0.490. The number of halogens is 2. The highest BCUT2D eigenvalue weighted by Crippen LogP contribution is 2.32. The molecule has 0 spiro atoms. The first kappa shape index (κ1) is 14.1. The fourth-order valence-electron chi connectivity index (χ4n) is 2.56. The number of nitrogens with one attached hydrogen (secondary N) is 1. The molecule has 3 rings (SSSR count). The van der Waals surface area contributed by atoms with Gasteiger partial charge < -0.3 is 9.73 Å². The van der Waals surface area contributed by atoms with E-state index in [1.807, 2.05) is 38.2 Å². The third kappa shape index (κ3) is 2.55. The second kappa shape index (κ2) is 5.51. The van der Waals surface area contributed by atoms with Crippen molar-refractivity contribution in [2.24, 2.45) is 0 Å². The normalized spacial score (nSPS) is 12.8. The van der Waals surface area contributed by atoms with Crippen LogP contribution in [-0.2, 0) is 0 Å². The van der Waals surface area contributed by atoms with E-state index in [4.69, 9.17) is 16.0 Å². The lowest BCUT2D eigenvalue weighted by Gasteiger charge is -2.17. The monoisotopic (exact) mass is 303 g/mol. The van der Waals surface area contributed by atoms with E-state index in [9.17, 15) is 4.39 Å². The molecular formula is C17H15ClFNO. The summed E-state index contributed by atoms with van der Waals surface area (Å²) in [4.78, 5) is 0. The Morgan fingerprint density at radius 2 is 2.00 bits per heavy atom. The smallest absolute Gasteiger partial charge is 0.134 e. The van der Waals surface area contributed by atoms with Crippen LogP contribution in [-0.4, -0.2) is 7.05 Å². The molecule has 2 aromatic carbocycles. The second-order valence-corrected chi connectivity index (χ2v) is 5.41. The van der Waals surface area contributed by atoms with Gasteiger partial charge in [-0.2, -0.15) is 0 Å². The van der Waals surface area contributed by atoms with Crippen LogP contribution in [0, 0.1) is 12.7 Å². The number of rotatable bonds is 3. The van der Waals surface area contributed by atoms with Crippen LogP contribution in [0.2, 0.25) is 5.02 Å². The molecule has 0 aliphatic carbocycles. The highest BCUT2D eigenvalue weighted by atomic mass is 35.5. The fraction of sp³-hybridized carbons (Fsp3) is 0.176. The van der Waals surface area contributed by atoms with Gasteiger partial charge in [-0.25, -0.2) is 4.39 Å². The molecule has 0 amide bonds. The minimum absolute atomic E-state index is 0.126. The summed E-state index contributed by atoms with van der Waals surface area (Å²) in [5, 5.41) is 4.70. The van der Waals surface area contributed by atoms with Gasteiger partial charge in [0.1, 0.15) is 17.2 Å². The van der Waals surface area contributed by atoms with Gasteiger partial charge in [-0.15, -0.1) is 0 Å². The number of hydrogen-bond donors (Lipinski definition) is 1. The summed E-state index contributed by atoms with van der Waals surface area (Å²) in [6, 6.07) is 12.0. The molecule has 2 nitrogen and oxygen atoms in total. The van der Waals surface area contributed by atoms with Crippen LogP contribution in [0.15, 0.2) is 46.9 Å².